The number of benzene rings is 1. The van der Waals surface area contributed by atoms with Crippen LogP contribution in [-0.2, 0) is 9.53 Å². The monoisotopic (exact) mass is 393 g/mol. The van der Waals surface area contributed by atoms with Gasteiger partial charge in [0.2, 0.25) is 5.91 Å². The van der Waals surface area contributed by atoms with Gasteiger partial charge < -0.3 is 19.9 Å². The van der Waals surface area contributed by atoms with Gasteiger partial charge in [-0.3, -0.25) is 9.59 Å². The normalized spacial score (nSPS) is 15.0. The number of ether oxygens (including phenoxy) is 1. The van der Waals surface area contributed by atoms with Gasteiger partial charge in [0.05, 0.1) is 0 Å². The van der Waals surface area contributed by atoms with Gasteiger partial charge in [-0.2, -0.15) is 0 Å². The standard InChI is InChI=1S/C20H28FN3O4/c1-20(2,3)28-19(27)22-10-9-17(25)23-11-4-12-24(14-13-23)18(26)15-5-7-16(21)8-6-15/h5-8H,4,9-14H2,1-3H3,(H,22,27). The van der Waals surface area contributed by atoms with Crippen LogP contribution < -0.4 is 5.32 Å². The Balaban J connectivity index is 1.79. The predicted octanol–water partition coefficient (Wildman–Crippen LogP) is 2.42. The number of halogens is 1. The molecule has 1 aliphatic heterocycles. The summed E-state index contributed by atoms with van der Waals surface area (Å²) in [6.07, 6.45) is 0.288. The molecule has 1 aromatic rings. The van der Waals surface area contributed by atoms with E-state index >= 15 is 0 Å². The zero-order chi connectivity index (χ0) is 20.7. The molecule has 1 saturated heterocycles. The van der Waals surface area contributed by atoms with Gasteiger partial charge in [0.1, 0.15) is 11.4 Å². The van der Waals surface area contributed by atoms with Gasteiger partial charge in [0, 0.05) is 44.7 Å². The molecule has 0 unspecified atom stereocenters. The molecule has 1 fully saturated rings. The smallest absolute Gasteiger partial charge is 0.407 e. The third-order valence-corrected chi connectivity index (χ3v) is 4.23. The Morgan fingerprint density at radius 2 is 1.64 bits per heavy atom. The number of hydrogen-bond donors (Lipinski definition) is 1. The first-order valence-electron chi connectivity index (χ1n) is 9.45. The van der Waals surface area contributed by atoms with Crippen LogP contribution in [0.5, 0.6) is 0 Å². The van der Waals surface area contributed by atoms with E-state index in [4.69, 9.17) is 4.74 Å². The van der Waals surface area contributed by atoms with Crippen LogP contribution in [0.25, 0.3) is 0 Å². The Labute approximate surface area is 164 Å². The Morgan fingerprint density at radius 1 is 1.04 bits per heavy atom. The van der Waals surface area contributed by atoms with Crippen LogP contribution in [0.1, 0.15) is 44.0 Å². The molecule has 0 saturated carbocycles. The second-order valence-electron chi connectivity index (χ2n) is 7.71. The van der Waals surface area contributed by atoms with E-state index in [2.05, 4.69) is 5.32 Å². The van der Waals surface area contributed by atoms with E-state index in [1.165, 1.54) is 24.3 Å². The highest BCUT2D eigenvalue weighted by atomic mass is 19.1. The molecule has 0 radical (unpaired) electrons. The lowest BCUT2D eigenvalue weighted by Gasteiger charge is -2.23. The molecule has 0 aromatic heterocycles. The highest BCUT2D eigenvalue weighted by Crippen LogP contribution is 2.11. The van der Waals surface area contributed by atoms with E-state index in [0.717, 1.165) is 0 Å². The van der Waals surface area contributed by atoms with Crippen molar-refractivity contribution in [1.29, 1.82) is 0 Å². The molecule has 0 atom stereocenters. The Kier molecular flexibility index (Phi) is 7.37. The highest BCUT2D eigenvalue weighted by molar-refractivity contribution is 5.94. The molecule has 0 spiro atoms. The van der Waals surface area contributed by atoms with E-state index < -0.39 is 11.7 Å². The van der Waals surface area contributed by atoms with Crippen molar-refractivity contribution in [3.8, 4) is 0 Å². The molecular weight excluding hydrogens is 365 g/mol. The largest absolute Gasteiger partial charge is 0.444 e. The first kappa shape index (κ1) is 21.7. The fourth-order valence-electron chi connectivity index (χ4n) is 2.89. The molecule has 8 heteroatoms. The topological polar surface area (TPSA) is 79.0 Å². The second-order valence-corrected chi connectivity index (χ2v) is 7.71. The number of carbonyl (C=O) groups excluding carboxylic acids is 3. The number of nitrogens with one attached hydrogen (secondary N) is 1. The van der Waals surface area contributed by atoms with E-state index in [0.29, 0.717) is 38.2 Å². The third-order valence-electron chi connectivity index (χ3n) is 4.23. The average Bonchev–Trinajstić information content (AvgIpc) is 2.86. The molecule has 7 nitrogen and oxygen atoms in total. The van der Waals surface area contributed by atoms with Crippen molar-refractivity contribution in [1.82, 2.24) is 15.1 Å². The zero-order valence-electron chi connectivity index (χ0n) is 16.7. The van der Waals surface area contributed by atoms with Gasteiger partial charge in [-0.05, 0) is 51.5 Å². The van der Waals surface area contributed by atoms with Crippen molar-refractivity contribution in [2.75, 3.05) is 32.7 Å². The lowest BCUT2D eigenvalue weighted by molar-refractivity contribution is -0.130. The molecule has 154 valence electrons. The SMILES string of the molecule is CC(C)(C)OC(=O)NCCC(=O)N1CCCN(C(=O)c2ccc(F)cc2)CC1. The maximum Gasteiger partial charge on any atom is 0.407 e. The zero-order valence-corrected chi connectivity index (χ0v) is 16.7. The summed E-state index contributed by atoms with van der Waals surface area (Å²) in [4.78, 5) is 39.9. The van der Waals surface area contributed by atoms with Gasteiger partial charge in [-0.1, -0.05) is 0 Å². The van der Waals surface area contributed by atoms with E-state index in [-0.39, 0.29) is 30.6 Å². The van der Waals surface area contributed by atoms with Crippen molar-refractivity contribution in [2.24, 2.45) is 0 Å². The third kappa shape index (κ3) is 6.83. The first-order chi connectivity index (χ1) is 13.2. The van der Waals surface area contributed by atoms with Crippen molar-refractivity contribution in [2.45, 2.75) is 39.2 Å². The summed E-state index contributed by atoms with van der Waals surface area (Å²) in [5, 5.41) is 2.57. The lowest BCUT2D eigenvalue weighted by Crippen LogP contribution is -2.39. The van der Waals surface area contributed by atoms with Crippen LogP contribution in [0.4, 0.5) is 9.18 Å². The molecule has 1 aliphatic rings. The van der Waals surface area contributed by atoms with E-state index in [1.54, 1.807) is 30.6 Å². The average molecular weight is 393 g/mol. The summed E-state index contributed by atoms with van der Waals surface area (Å²) in [5.41, 5.74) is -0.151. The van der Waals surface area contributed by atoms with E-state index in [1.807, 2.05) is 0 Å². The van der Waals surface area contributed by atoms with Crippen molar-refractivity contribution in [3.05, 3.63) is 35.6 Å². The Bertz CT molecular complexity index is 700. The van der Waals surface area contributed by atoms with Crippen LogP contribution >= 0.6 is 0 Å². The first-order valence-corrected chi connectivity index (χ1v) is 9.45. The maximum atomic E-state index is 13.0. The summed E-state index contributed by atoms with van der Waals surface area (Å²) in [6, 6.07) is 5.46. The van der Waals surface area contributed by atoms with Gasteiger partial charge in [0.25, 0.3) is 5.91 Å². The quantitative estimate of drug-likeness (QED) is 0.852. The number of alkyl carbamates (subject to hydrolysis) is 1. The molecule has 0 aliphatic carbocycles. The molecule has 1 aromatic carbocycles. The van der Waals surface area contributed by atoms with Crippen LogP contribution in [-0.4, -0.2) is 66.0 Å². The van der Waals surface area contributed by atoms with Crippen molar-refractivity contribution < 1.29 is 23.5 Å². The van der Waals surface area contributed by atoms with Crippen LogP contribution in [0.3, 0.4) is 0 Å². The lowest BCUT2D eigenvalue weighted by atomic mass is 10.2. The fourth-order valence-corrected chi connectivity index (χ4v) is 2.89. The van der Waals surface area contributed by atoms with Gasteiger partial charge >= 0.3 is 6.09 Å². The summed E-state index contributed by atoms with van der Waals surface area (Å²) < 4.78 is 18.2. The van der Waals surface area contributed by atoms with Crippen LogP contribution in [0.2, 0.25) is 0 Å². The summed E-state index contributed by atoms with van der Waals surface area (Å²) in [5.74, 6) is -0.628. The summed E-state index contributed by atoms with van der Waals surface area (Å²) >= 11 is 0. The Hall–Kier alpha value is -2.64. The minimum absolute atomic E-state index is 0.0767. The fraction of sp³-hybridized carbons (Fsp3) is 0.550. The van der Waals surface area contributed by atoms with Crippen molar-refractivity contribution >= 4 is 17.9 Å². The molecule has 28 heavy (non-hydrogen) atoms. The molecular formula is C20H28FN3O4. The number of hydrogen-bond acceptors (Lipinski definition) is 4. The van der Waals surface area contributed by atoms with Crippen molar-refractivity contribution in [3.63, 3.8) is 0 Å². The van der Waals surface area contributed by atoms with Gasteiger partial charge in [0.15, 0.2) is 0 Å². The minimum atomic E-state index is -0.584. The predicted molar refractivity (Wildman–Crippen MR) is 102 cm³/mol. The molecule has 1 heterocycles. The molecule has 0 bridgehead atoms. The number of rotatable bonds is 4. The molecule has 3 amide bonds. The Morgan fingerprint density at radius 3 is 2.29 bits per heavy atom. The maximum absolute atomic E-state index is 13.0. The summed E-state index contributed by atoms with van der Waals surface area (Å²) in [6.45, 7) is 7.45. The van der Waals surface area contributed by atoms with Crippen LogP contribution in [0, 0.1) is 5.82 Å². The summed E-state index contributed by atoms with van der Waals surface area (Å²) in [7, 11) is 0. The number of nitrogens with zero attached hydrogens (tertiary/aromatic N) is 2. The van der Waals surface area contributed by atoms with Crippen LogP contribution in [0.15, 0.2) is 24.3 Å². The van der Waals surface area contributed by atoms with Gasteiger partial charge in [-0.25, -0.2) is 9.18 Å². The number of carbonyl (C=O) groups is 3. The second kappa shape index (κ2) is 9.52. The van der Waals surface area contributed by atoms with Gasteiger partial charge in [-0.15, -0.1) is 0 Å². The highest BCUT2D eigenvalue weighted by Gasteiger charge is 2.23. The minimum Gasteiger partial charge on any atom is -0.444 e. The molecule has 1 N–H and O–H groups in total. The number of amides is 3. The van der Waals surface area contributed by atoms with E-state index in [9.17, 15) is 18.8 Å². The molecule has 2 rings (SSSR count).